The van der Waals surface area contributed by atoms with Gasteiger partial charge < -0.3 is 10.1 Å². The highest BCUT2D eigenvalue weighted by Crippen LogP contribution is 2.26. The normalized spacial score (nSPS) is 11.2. The van der Waals surface area contributed by atoms with Crippen LogP contribution in [0.4, 0.5) is 5.82 Å². The Morgan fingerprint density at radius 3 is 2.45 bits per heavy atom. The summed E-state index contributed by atoms with van der Waals surface area (Å²) >= 11 is 1.33. The van der Waals surface area contributed by atoms with Crippen LogP contribution >= 0.6 is 11.3 Å². The zero-order chi connectivity index (χ0) is 22.4. The van der Waals surface area contributed by atoms with Crippen LogP contribution in [-0.2, 0) is 19.7 Å². The summed E-state index contributed by atoms with van der Waals surface area (Å²) in [7, 11) is 0. The lowest BCUT2D eigenvalue weighted by atomic mass is 9.92. The molecule has 0 bridgehead atoms. The maximum atomic E-state index is 12.4. The molecular formula is C23H25N3O4S. The third kappa shape index (κ3) is 6.11. The SMILES string of the molecule is CC(C)(C)c1cc(NC(=O)COC(=O)CCC(=O)c2cccs2)n(-c2ccccc2)n1. The summed E-state index contributed by atoms with van der Waals surface area (Å²) in [6.07, 6.45) is -0.0170. The number of thiophene rings is 1. The van der Waals surface area contributed by atoms with Gasteiger partial charge in [-0.15, -0.1) is 11.3 Å². The van der Waals surface area contributed by atoms with Gasteiger partial charge in [0, 0.05) is 17.9 Å². The van der Waals surface area contributed by atoms with E-state index in [0.29, 0.717) is 10.7 Å². The minimum Gasteiger partial charge on any atom is -0.456 e. The number of ether oxygens (including phenoxy) is 1. The van der Waals surface area contributed by atoms with Gasteiger partial charge in [0.1, 0.15) is 5.82 Å². The molecule has 0 atom stereocenters. The zero-order valence-electron chi connectivity index (χ0n) is 17.8. The Balaban J connectivity index is 1.59. The Bertz CT molecular complexity index is 1050. The quantitative estimate of drug-likeness (QED) is 0.416. The van der Waals surface area contributed by atoms with Gasteiger partial charge in [-0.25, -0.2) is 4.68 Å². The van der Waals surface area contributed by atoms with E-state index in [0.717, 1.165) is 11.4 Å². The molecule has 0 aliphatic rings. The number of nitrogens with one attached hydrogen (secondary N) is 1. The van der Waals surface area contributed by atoms with Crippen LogP contribution in [0.1, 0.15) is 49.0 Å². The molecule has 2 aromatic heterocycles. The number of benzene rings is 1. The summed E-state index contributed by atoms with van der Waals surface area (Å²) in [4.78, 5) is 36.9. The van der Waals surface area contributed by atoms with E-state index < -0.39 is 18.5 Å². The maximum Gasteiger partial charge on any atom is 0.306 e. The van der Waals surface area contributed by atoms with Crippen molar-refractivity contribution in [2.45, 2.75) is 39.0 Å². The lowest BCUT2D eigenvalue weighted by Crippen LogP contribution is -2.22. The van der Waals surface area contributed by atoms with Crippen LogP contribution in [0, 0.1) is 0 Å². The summed E-state index contributed by atoms with van der Waals surface area (Å²) < 4.78 is 6.69. The average molecular weight is 440 g/mol. The van der Waals surface area contributed by atoms with Crippen molar-refractivity contribution in [1.29, 1.82) is 0 Å². The molecule has 8 heteroatoms. The number of carbonyl (C=O) groups excluding carboxylic acids is 3. The van der Waals surface area contributed by atoms with E-state index in [2.05, 4.69) is 10.4 Å². The van der Waals surface area contributed by atoms with Crippen LogP contribution in [0.15, 0.2) is 53.9 Å². The summed E-state index contributed by atoms with van der Waals surface area (Å²) in [5.41, 5.74) is 1.41. The molecule has 1 amide bonds. The first-order valence-electron chi connectivity index (χ1n) is 9.92. The second-order valence-corrected chi connectivity index (χ2v) is 8.97. The first kappa shape index (κ1) is 22.4. The summed E-state index contributed by atoms with van der Waals surface area (Å²) in [6, 6.07) is 14.8. The van der Waals surface area contributed by atoms with Crippen molar-refractivity contribution in [1.82, 2.24) is 9.78 Å². The second-order valence-electron chi connectivity index (χ2n) is 8.02. The molecule has 31 heavy (non-hydrogen) atoms. The van der Waals surface area contributed by atoms with E-state index in [4.69, 9.17) is 4.74 Å². The molecule has 1 N–H and O–H groups in total. The number of rotatable bonds is 8. The maximum absolute atomic E-state index is 12.4. The fraction of sp³-hybridized carbons (Fsp3) is 0.304. The first-order chi connectivity index (χ1) is 14.7. The molecule has 0 fully saturated rings. The summed E-state index contributed by atoms with van der Waals surface area (Å²) in [5, 5.41) is 9.20. The Hall–Kier alpha value is -3.26. The predicted octanol–water partition coefficient (Wildman–Crippen LogP) is 4.38. The van der Waals surface area contributed by atoms with Gasteiger partial charge in [-0.05, 0) is 23.6 Å². The van der Waals surface area contributed by atoms with Crippen LogP contribution in [0.5, 0.6) is 0 Å². The van der Waals surface area contributed by atoms with E-state index in [9.17, 15) is 14.4 Å². The van der Waals surface area contributed by atoms with Gasteiger partial charge in [0.15, 0.2) is 12.4 Å². The van der Waals surface area contributed by atoms with Crippen molar-refractivity contribution in [3.63, 3.8) is 0 Å². The van der Waals surface area contributed by atoms with Gasteiger partial charge in [0.2, 0.25) is 0 Å². The van der Waals surface area contributed by atoms with Crippen molar-refractivity contribution in [2.75, 3.05) is 11.9 Å². The highest BCUT2D eigenvalue weighted by Gasteiger charge is 2.22. The molecule has 0 aliphatic carbocycles. The van der Waals surface area contributed by atoms with Crippen molar-refractivity contribution in [3.8, 4) is 5.69 Å². The third-order valence-corrected chi connectivity index (χ3v) is 5.37. The van der Waals surface area contributed by atoms with E-state index >= 15 is 0 Å². The highest BCUT2D eigenvalue weighted by molar-refractivity contribution is 7.12. The number of carbonyl (C=O) groups is 3. The number of para-hydroxylation sites is 1. The van der Waals surface area contributed by atoms with Gasteiger partial charge in [-0.3, -0.25) is 14.4 Å². The topological polar surface area (TPSA) is 90.3 Å². The molecular weight excluding hydrogens is 414 g/mol. The number of hydrogen-bond donors (Lipinski definition) is 1. The van der Waals surface area contributed by atoms with Crippen molar-refractivity contribution < 1.29 is 19.1 Å². The summed E-state index contributed by atoms with van der Waals surface area (Å²) in [5.74, 6) is -0.689. The largest absolute Gasteiger partial charge is 0.456 e. The number of esters is 1. The van der Waals surface area contributed by atoms with Crippen LogP contribution < -0.4 is 5.32 Å². The Labute approximate surface area is 185 Å². The van der Waals surface area contributed by atoms with E-state index in [1.165, 1.54) is 11.3 Å². The van der Waals surface area contributed by atoms with Crippen molar-refractivity contribution >= 4 is 34.8 Å². The Morgan fingerprint density at radius 2 is 1.81 bits per heavy atom. The average Bonchev–Trinajstić information content (AvgIpc) is 3.41. The molecule has 0 aliphatic heterocycles. The summed E-state index contributed by atoms with van der Waals surface area (Å²) in [6.45, 7) is 5.68. The zero-order valence-corrected chi connectivity index (χ0v) is 18.6. The van der Waals surface area contributed by atoms with Gasteiger partial charge in [-0.1, -0.05) is 45.0 Å². The number of Topliss-reactive ketones (excluding diaryl/α,β-unsaturated/α-hetero) is 1. The van der Waals surface area contributed by atoms with Crippen LogP contribution in [0.25, 0.3) is 5.69 Å². The fourth-order valence-corrected chi connectivity index (χ4v) is 3.47. The van der Waals surface area contributed by atoms with E-state index in [1.54, 1.807) is 22.2 Å². The number of amides is 1. The molecule has 7 nitrogen and oxygen atoms in total. The number of aromatic nitrogens is 2. The Morgan fingerprint density at radius 1 is 1.06 bits per heavy atom. The monoisotopic (exact) mass is 439 g/mol. The molecule has 0 radical (unpaired) electrons. The predicted molar refractivity (Wildman–Crippen MR) is 120 cm³/mol. The lowest BCUT2D eigenvalue weighted by molar-refractivity contribution is -0.147. The lowest BCUT2D eigenvalue weighted by Gasteiger charge is -2.14. The standard InChI is InChI=1S/C23H25N3O4S/c1-23(2,3)19-14-20(26(25-19)16-8-5-4-6-9-16)24-21(28)15-30-22(29)12-11-17(27)18-10-7-13-31-18/h4-10,13-14H,11-12,15H2,1-3H3,(H,24,28). The molecule has 3 aromatic rings. The molecule has 0 spiro atoms. The third-order valence-electron chi connectivity index (χ3n) is 4.46. The van der Waals surface area contributed by atoms with Crippen molar-refractivity contribution in [2.24, 2.45) is 0 Å². The molecule has 0 saturated heterocycles. The minimum atomic E-state index is -0.591. The van der Waals surface area contributed by atoms with Gasteiger partial charge in [0.25, 0.3) is 5.91 Å². The molecule has 3 rings (SSSR count). The number of nitrogens with zero attached hydrogens (tertiary/aromatic N) is 2. The Kier molecular flexibility index (Phi) is 7.02. The fourth-order valence-electron chi connectivity index (χ4n) is 2.78. The smallest absolute Gasteiger partial charge is 0.306 e. The highest BCUT2D eigenvalue weighted by atomic mass is 32.1. The van der Waals surface area contributed by atoms with Crippen LogP contribution in [0.2, 0.25) is 0 Å². The van der Waals surface area contributed by atoms with Gasteiger partial charge in [0.05, 0.1) is 22.7 Å². The van der Waals surface area contributed by atoms with Gasteiger partial charge in [-0.2, -0.15) is 5.10 Å². The van der Waals surface area contributed by atoms with Crippen molar-refractivity contribution in [3.05, 3.63) is 64.5 Å². The first-order valence-corrected chi connectivity index (χ1v) is 10.8. The second kappa shape index (κ2) is 9.70. The molecule has 0 saturated carbocycles. The molecule has 1 aromatic carbocycles. The van der Waals surface area contributed by atoms with Crippen LogP contribution in [-0.4, -0.2) is 34.0 Å². The van der Waals surface area contributed by atoms with Crippen LogP contribution in [0.3, 0.4) is 0 Å². The number of ketones is 1. The minimum absolute atomic E-state index is 0.0523. The molecule has 0 unspecified atom stereocenters. The van der Waals surface area contributed by atoms with Gasteiger partial charge >= 0.3 is 5.97 Å². The number of anilines is 1. The van der Waals surface area contributed by atoms with E-state index in [1.807, 2.05) is 57.2 Å². The number of hydrogen-bond acceptors (Lipinski definition) is 6. The molecule has 2 heterocycles. The van der Waals surface area contributed by atoms with E-state index in [-0.39, 0.29) is 24.0 Å². The molecule has 162 valence electrons.